The van der Waals surface area contributed by atoms with E-state index in [4.69, 9.17) is 41.2 Å². The Hall–Kier alpha value is -3.88. The first kappa shape index (κ1) is 24.8. The Labute approximate surface area is 199 Å². The zero-order valence-corrected chi connectivity index (χ0v) is 19.0. The molecule has 0 amide bonds. The highest BCUT2D eigenvalue weighted by Gasteiger charge is 2.01. The lowest BCUT2D eigenvalue weighted by Gasteiger charge is -2.10. The summed E-state index contributed by atoms with van der Waals surface area (Å²) in [5.41, 5.74) is 14.3. The number of benzene rings is 3. The largest absolute Gasteiger partial charge is 0.491 e. The van der Waals surface area contributed by atoms with Crippen LogP contribution >= 0.6 is 0 Å². The van der Waals surface area contributed by atoms with Gasteiger partial charge >= 0.3 is 0 Å². The van der Waals surface area contributed by atoms with Gasteiger partial charge in [-0.2, -0.15) is 0 Å². The van der Waals surface area contributed by atoms with Gasteiger partial charge in [0.1, 0.15) is 36.4 Å². The molecule has 3 aromatic carbocycles. The molecule has 0 saturated heterocycles. The quantitative estimate of drug-likeness (QED) is 0.165. The van der Waals surface area contributed by atoms with Crippen LogP contribution in [0, 0.1) is 10.8 Å². The van der Waals surface area contributed by atoms with E-state index >= 15 is 0 Å². The summed E-state index contributed by atoms with van der Waals surface area (Å²) < 4.78 is 22.7. The van der Waals surface area contributed by atoms with Gasteiger partial charge in [-0.15, -0.1) is 0 Å². The van der Waals surface area contributed by atoms with Gasteiger partial charge in [0, 0.05) is 11.1 Å². The number of hydrogen-bond donors (Lipinski definition) is 4. The molecule has 0 aliphatic carbocycles. The van der Waals surface area contributed by atoms with Crippen LogP contribution in [0.15, 0.2) is 72.8 Å². The van der Waals surface area contributed by atoms with Crippen LogP contribution < -0.4 is 20.9 Å². The summed E-state index contributed by atoms with van der Waals surface area (Å²) in [5, 5.41) is 14.8. The summed E-state index contributed by atoms with van der Waals surface area (Å²) in [6.45, 7) is 2.75. The van der Waals surface area contributed by atoms with Gasteiger partial charge in [0.05, 0.1) is 26.4 Å². The Bertz CT molecular complexity index is 986. The van der Waals surface area contributed by atoms with Gasteiger partial charge in [-0.25, -0.2) is 0 Å². The minimum Gasteiger partial charge on any atom is -0.491 e. The van der Waals surface area contributed by atoms with E-state index in [0.29, 0.717) is 62.3 Å². The third kappa shape index (κ3) is 8.23. The molecule has 8 nitrogen and oxygen atoms in total. The minimum absolute atomic E-state index is 0.0353. The third-order valence-electron chi connectivity index (χ3n) is 4.85. The summed E-state index contributed by atoms with van der Waals surface area (Å²) >= 11 is 0. The highest BCUT2D eigenvalue weighted by atomic mass is 16.5. The van der Waals surface area contributed by atoms with E-state index in [0.717, 1.165) is 11.1 Å². The molecule has 0 heterocycles. The average molecular weight is 463 g/mol. The Kier molecular flexibility index (Phi) is 9.45. The summed E-state index contributed by atoms with van der Waals surface area (Å²) in [6, 6.07) is 22.2. The van der Waals surface area contributed by atoms with E-state index in [1.54, 1.807) is 48.5 Å². The van der Waals surface area contributed by atoms with Crippen molar-refractivity contribution in [3.8, 4) is 11.5 Å². The fraction of sp³-hybridized carbons (Fsp3) is 0.231. The molecule has 3 aromatic rings. The van der Waals surface area contributed by atoms with E-state index in [-0.39, 0.29) is 11.7 Å². The lowest BCUT2D eigenvalue weighted by Crippen LogP contribution is -2.11. The molecule has 0 spiro atoms. The molecule has 34 heavy (non-hydrogen) atoms. The van der Waals surface area contributed by atoms with Crippen molar-refractivity contribution < 1.29 is 18.9 Å². The van der Waals surface area contributed by atoms with Crippen LogP contribution in [0.4, 0.5) is 0 Å². The molecule has 0 aliphatic heterocycles. The van der Waals surface area contributed by atoms with Gasteiger partial charge < -0.3 is 30.4 Å². The maximum atomic E-state index is 7.40. The van der Waals surface area contributed by atoms with E-state index in [2.05, 4.69) is 6.07 Å². The van der Waals surface area contributed by atoms with Crippen molar-refractivity contribution in [3.05, 3.63) is 95.1 Å². The molecule has 0 unspecified atom stereocenters. The highest BCUT2D eigenvalue weighted by molar-refractivity contribution is 5.95. The van der Waals surface area contributed by atoms with Crippen molar-refractivity contribution in [2.24, 2.45) is 11.5 Å². The maximum Gasteiger partial charge on any atom is 0.122 e. The van der Waals surface area contributed by atoms with Crippen molar-refractivity contribution in [2.45, 2.75) is 13.2 Å². The van der Waals surface area contributed by atoms with Gasteiger partial charge in [-0.3, -0.25) is 10.8 Å². The normalized spacial score (nSPS) is 10.6. The van der Waals surface area contributed by atoms with E-state index in [9.17, 15) is 0 Å². The Morgan fingerprint density at radius 1 is 0.588 bits per heavy atom. The standard InChI is InChI=1S/C26H30N4O4/c27-25(28)21-4-8-23(9-5-21)33-14-12-31-17-19-2-1-3-20(16-19)18-32-13-15-34-24-10-6-22(7-11-24)26(29)30/h1-11,16H,12-15,17-18H2,(H3,27,28)(H3,29,30). The Morgan fingerprint density at radius 2 is 1.00 bits per heavy atom. The topological polar surface area (TPSA) is 137 Å². The lowest BCUT2D eigenvalue weighted by molar-refractivity contribution is 0.0859. The number of hydrogen-bond acceptors (Lipinski definition) is 6. The Morgan fingerprint density at radius 3 is 1.38 bits per heavy atom. The van der Waals surface area contributed by atoms with Crippen molar-refractivity contribution in [2.75, 3.05) is 26.4 Å². The van der Waals surface area contributed by atoms with Gasteiger partial charge in [0.2, 0.25) is 0 Å². The number of amidine groups is 2. The van der Waals surface area contributed by atoms with Gasteiger partial charge in [0.25, 0.3) is 0 Å². The molecule has 0 aliphatic rings. The molecule has 3 rings (SSSR count). The van der Waals surface area contributed by atoms with E-state index < -0.39 is 0 Å². The first-order valence-corrected chi connectivity index (χ1v) is 10.9. The van der Waals surface area contributed by atoms with Crippen LogP contribution in [0.3, 0.4) is 0 Å². The van der Waals surface area contributed by atoms with Crippen molar-refractivity contribution in [1.82, 2.24) is 0 Å². The fourth-order valence-corrected chi connectivity index (χ4v) is 3.09. The maximum absolute atomic E-state index is 7.40. The summed E-state index contributed by atoms with van der Waals surface area (Å²) in [6.07, 6.45) is 0. The molecular formula is C26H30N4O4. The van der Waals surface area contributed by atoms with Crippen molar-refractivity contribution in [1.29, 1.82) is 10.8 Å². The van der Waals surface area contributed by atoms with E-state index in [1.165, 1.54) is 0 Å². The third-order valence-corrected chi connectivity index (χ3v) is 4.85. The van der Waals surface area contributed by atoms with Crippen LogP contribution in [-0.4, -0.2) is 38.1 Å². The number of nitrogen functional groups attached to an aromatic ring is 2. The second-order valence-corrected chi connectivity index (χ2v) is 7.50. The molecule has 0 saturated carbocycles. The number of nitrogens with two attached hydrogens (primary N) is 2. The fourth-order valence-electron chi connectivity index (χ4n) is 3.09. The van der Waals surface area contributed by atoms with E-state index in [1.807, 2.05) is 18.2 Å². The minimum atomic E-state index is 0.0353. The Balaban J connectivity index is 1.29. The van der Waals surface area contributed by atoms with Gasteiger partial charge in [0.15, 0.2) is 0 Å². The molecule has 0 atom stereocenters. The van der Waals surface area contributed by atoms with Crippen LogP contribution in [-0.2, 0) is 22.7 Å². The van der Waals surface area contributed by atoms with Crippen LogP contribution in [0.25, 0.3) is 0 Å². The van der Waals surface area contributed by atoms with Gasteiger partial charge in [-0.1, -0.05) is 24.3 Å². The smallest absolute Gasteiger partial charge is 0.122 e. The predicted molar refractivity (Wildman–Crippen MR) is 132 cm³/mol. The molecular weight excluding hydrogens is 432 g/mol. The molecule has 0 fully saturated rings. The summed E-state index contributed by atoms with van der Waals surface area (Å²) in [4.78, 5) is 0. The average Bonchev–Trinajstić information content (AvgIpc) is 2.84. The zero-order chi connectivity index (χ0) is 24.2. The zero-order valence-electron chi connectivity index (χ0n) is 19.0. The first-order chi connectivity index (χ1) is 16.5. The monoisotopic (exact) mass is 462 g/mol. The van der Waals surface area contributed by atoms with Gasteiger partial charge in [-0.05, 0) is 59.7 Å². The second kappa shape index (κ2) is 13.0. The summed E-state index contributed by atoms with van der Waals surface area (Å²) in [5.74, 6) is 1.50. The van der Waals surface area contributed by atoms with Crippen molar-refractivity contribution in [3.63, 3.8) is 0 Å². The number of rotatable bonds is 14. The highest BCUT2D eigenvalue weighted by Crippen LogP contribution is 2.13. The molecule has 0 bridgehead atoms. The first-order valence-electron chi connectivity index (χ1n) is 10.9. The SMILES string of the molecule is N=C(N)c1ccc(OCCOCc2cccc(COCCOc3ccc(C(=N)N)cc3)c2)cc1. The predicted octanol–water partition coefficient (Wildman–Crippen LogP) is 3.45. The number of nitrogens with one attached hydrogen (secondary N) is 2. The molecule has 6 N–H and O–H groups in total. The molecule has 178 valence electrons. The van der Waals surface area contributed by atoms with Crippen LogP contribution in [0.1, 0.15) is 22.3 Å². The molecule has 8 heteroatoms. The number of ether oxygens (including phenoxy) is 4. The lowest BCUT2D eigenvalue weighted by atomic mass is 10.1. The second-order valence-electron chi connectivity index (χ2n) is 7.50. The molecule has 0 aromatic heterocycles. The van der Waals surface area contributed by atoms with Crippen LogP contribution in [0.5, 0.6) is 11.5 Å². The molecule has 0 radical (unpaired) electrons. The van der Waals surface area contributed by atoms with Crippen molar-refractivity contribution >= 4 is 11.7 Å². The summed E-state index contributed by atoms with van der Waals surface area (Å²) in [7, 11) is 0. The van der Waals surface area contributed by atoms with Crippen LogP contribution in [0.2, 0.25) is 0 Å².